The number of fused-ring (bicyclic) bond motifs is 5. The van der Waals surface area contributed by atoms with E-state index in [0.717, 1.165) is 49.0 Å². The van der Waals surface area contributed by atoms with E-state index in [2.05, 4.69) is 48.1 Å². The van der Waals surface area contributed by atoms with Gasteiger partial charge >= 0.3 is 0 Å². The molecular formula is C30H52O2. The summed E-state index contributed by atoms with van der Waals surface area (Å²) in [6, 6.07) is 0. The van der Waals surface area contributed by atoms with Crippen molar-refractivity contribution in [2.24, 2.45) is 51.2 Å². The van der Waals surface area contributed by atoms with Gasteiger partial charge in [0.15, 0.2) is 0 Å². The maximum absolute atomic E-state index is 11.9. The zero-order valence-electron chi connectivity index (χ0n) is 22.3. The van der Waals surface area contributed by atoms with Crippen LogP contribution in [0.4, 0.5) is 0 Å². The molecule has 4 fully saturated rings. The van der Waals surface area contributed by atoms with Crippen LogP contribution in [0.25, 0.3) is 0 Å². The molecule has 0 aliphatic heterocycles. The molecule has 0 unspecified atom stereocenters. The van der Waals surface area contributed by atoms with E-state index in [-0.39, 0.29) is 17.9 Å². The van der Waals surface area contributed by atoms with Crippen LogP contribution >= 0.6 is 0 Å². The summed E-state index contributed by atoms with van der Waals surface area (Å²) < 4.78 is 0. The second-order valence-corrected chi connectivity index (χ2v) is 14.0. The van der Waals surface area contributed by atoms with Gasteiger partial charge in [-0.1, -0.05) is 48.1 Å². The second kappa shape index (κ2) is 7.84. The van der Waals surface area contributed by atoms with Crippen molar-refractivity contribution in [2.45, 2.75) is 118 Å². The monoisotopic (exact) mass is 444 g/mol. The molecule has 0 aromatic rings. The lowest BCUT2D eigenvalue weighted by atomic mass is 9.33. The van der Waals surface area contributed by atoms with Crippen LogP contribution in [0.5, 0.6) is 0 Å². The highest BCUT2D eigenvalue weighted by molar-refractivity contribution is 5.24. The number of aliphatic hydroxyl groups excluding tert-OH is 1. The molecule has 32 heavy (non-hydrogen) atoms. The highest BCUT2D eigenvalue weighted by atomic mass is 16.3. The fourth-order valence-electron chi connectivity index (χ4n) is 11.0. The molecule has 4 aliphatic carbocycles. The predicted octanol–water partition coefficient (Wildman–Crippen LogP) is 7.39. The largest absolute Gasteiger partial charge is 0.396 e. The van der Waals surface area contributed by atoms with E-state index in [0.29, 0.717) is 22.2 Å². The first-order chi connectivity index (χ1) is 14.8. The normalized spacial score (nSPS) is 52.9. The van der Waals surface area contributed by atoms with Crippen LogP contribution in [0.3, 0.4) is 0 Å². The van der Waals surface area contributed by atoms with Crippen LogP contribution in [0.15, 0.2) is 12.2 Å². The molecule has 4 rings (SSSR count). The number of rotatable bonds is 5. The number of hydrogen-bond donors (Lipinski definition) is 2. The molecular weight excluding hydrogens is 392 g/mol. The quantitative estimate of drug-likeness (QED) is 0.434. The van der Waals surface area contributed by atoms with Crippen LogP contribution in [0.1, 0.15) is 113 Å². The Bertz CT molecular complexity index is 743. The Morgan fingerprint density at radius 2 is 1.44 bits per heavy atom. The first kappa shape index (κ1) is 24.8. The van der Waals surface area contributed by atoms with E-state index in [1.54, 1.807) is 0 Å². The summed E-state index contributed by atoms with van der Waals surface area (Å²) in [4.78, 5) is 0. The molecule has 9 atom stereocenters. The first-order valence-corrected chi connectivity index (χ1v) is 13.8. The minimum atomic E-state index is -0.774. The summed E-state index contributed by atoms with van der Waals surface area (Å²) in [5, 5.41) is 21.6. The van der Waals surface area contributed by atoms with Crippen LogP contribution in [0.2, 0.25) is 0 Å². The molecule has 0 amide bonds. The van der Waals surface area contributed by atoms with Crippen LogP contribution in [-0.4, -0.2) is 22.4 Å². The summed E-state index contributed by atoms with van der Waals surface area (Å²) >= 11 is 0. The van der Waals surface area contributed by atoms with Gasteiger partial charge in [0.2, 0.25) is 0 Å². The van der Waals surface area contributed by atoms with Crippen molar-refractivity contribution < 1.29 is 10.2 Å². The summed E-state index contributed by atoms with van der Waals surface area (Å²) in [6.45, 7) is 21.9. The lowest BCUT2D eigenvalue weighted by Crippen LogP contribution is -2.67. The van der Waals surface area contributed by atoms with Crippen molar-refractivity contribution in [3.8, 4) is 0 Å². The van der Waals surface area contributed by atoms with Gasteiger partial charge < -0.3 is 10.2 Å². The summed E-state index contributed by atoms with van der Waals surface area (Å²) in [6.07, 6.45) is 11.7. The van der Waals surface area contributed by atoms with E-state index in [1.165, 1.54) is 38.5 Å². The molecule has 0 heterocycles. The Morgan fingerprint density at radius 1 is 0.875 bits per heavy atom. The van der Waals surface area contributed by atoms with Crippen LogP contribution in [-0.2, 0) is 0 Å². The Labute approximate surface area is 198 Å². The van der Waals surface area contributed by atoms with Crippen LogP contribution in [0, 0.1) is 51.2 Å². The molecule has 184 valence electrons. The summed E-state index contributed by atoms with van der Waals surface area (Å²) in [5.41, 5.74) is 1.52. The molecule has 4 saturated carbocycles. The minimum absolute atomic E-state index is 0.124. The van der Waals surface area contributed by atoms with Gasteiger partial charge in [0, 0.05) is 6.61 Å². The standard InChI is InChI=1S/C30H52O2/c1-20(2)22-11-12-23-26(22,5)15-17-29(8)24-13-14-30(32,21(3)4)25(10-9-19-31)27(24,6)16-18-28(23,29)7/h20,22-25,31-32H,3,9-19H2,1-2,4-8H3/t22-,23-,24+,25+,26-,27+,28+,29-,30+/m1/s1. The van der Waals surface area contributed by atoms with Gasteiger partial charge in [0.1, 0.15) is 0 Å². The molecule has 2 N–H and O–H groups in total. The Morgan fingerprint density at radius 3 is 1.97 bits per heavy atom. The van der Waals surface area contributed by atoms with Gasteiger partial charge in [-0.3, -0.25) is 0 Å². The van der Waals surface area contributed by atoms with Gasteiger partial charge in [0.25, 0.3) is 0 Å². The van der Waals surface area contributed by atoms with Gasteiger partial charge in [-0.05, 0) is 128 Å². The average molecular weight is 445 g/mol. The van der Waals surface area contributed by atoms with Crippen LogP contribution < -0.4 is 0 Å². The SMILES string of the molecule is C=C(C)[C@@]1(O)CC[C@H]2[C@](C)(CC[C@@]3(C)[C@@H]4CC[C@H](C(C)C)[C@@]4(C)CC[C@]23C)[C@@H]1CCCO. The van der Waals surface area contributed by atoms with Crippen molar-refractivity contribution >= 4 is 0 Å². The highest BCUT2D eigenvalue weighted by Crippen LogP contribution is 2.77. The van der Waals surface area contributed by atoms with Gasteiger partial charge in [-0.2, -0.15) is 0 Å². The number of aliphatic hydroxyl groups is 2. The second-order valence-electron chi connectivity index (χ2n) is 14.0. The molecule has 2 heteroatoms. The van der Waals surface area contributed by atoms with E-state index in [1.807, 2.05) is 6.92 Å². The Kier molecular flexibility index (Phi) is 6.07. The molecule has 0 aromatic carbocycles. The Balaban J connectivity index is 1.74. The minimum Gasteiger partial charge on any atom is -0.396 e. The molecule has 0 bridgehead atoms. The van der Waals surface area contributed by atoms with Crippen molar-refractivity contribution in [1.82, 2.24) is 0 Å². The zero-order valence-corrected chi connectivity index (χ0v) is 22.3. The topological polar surface area (TPSA) is 40.5 Å². The summed E-state index contributed by atoms with van der Waals surface area (Å²) in [7, 11) is 0. The van der Waals surface area contributed by atoms with Crippen molar-refractivity contribution in [1.29, 1.82) is 0 Å². The summed E-state index contributed by atoms with van der Waals surface area (Å²) in [5.74, 6) is 3.36. The van der Waals surface area contributed by atoms with Crippen molar-refractivity contribution in [3.63, 3.8) is 0 Å². The molecule has 0 saturated heterocycles. The fourth-order valence-corrected chi connectivity index (χ4v) is 11.0. The fraction of sp³-hybridized carbons (Fsp3) is 0.933. The van der Waals surface area contributed by atoms with Crippen molar-refractivity contribution in [2.75, 3.05) is 6.61 Å². The first-order valence-electron chi connectivity index (χ1n) is 13.8. The van der Waals surface area contributed by atoms with E-state index < -0.39 is 5.60 Å². The Hall–Kier alpha value is -0.340. The van der Waals surface area contributed by atoms with Crippen molar-refractivity contribution in [3.05, 3.63) is 12.2 Å². The molecule has 4 aliphatic rings. The smallest absolute Gasteiger partial charge is 0.0884 e. The average Bonchev–Trinajstić information content (AvgIpc) is 3.08. The molecule has 2 nitrogen and oxygen atoms in total. The van der Waals surface area contributed by atoms with E-state index in [4.69, 9.17) is 0 Å². The maximum Gasteiger partial charge on any atom is 0.0884 e. The maximum atomic E-state index is 11.9. The third-order valence-corrected chi connectivity index (χ3v) is 12.8. The predicted molar refractivity (Wildman–Crippen MR) is 134 cm³/mol. The lowest BCUT2D eigenvalue weighted by molar-refractivity contribution is -0.245. The third kappa shape index (κ3) is 3.03. The lowest BCUT2D eigenvalue weighted by Gasteiger charge is -2.72. The highest BCUT2D eigenvalue weighted by Gasteiger charge is 2.71. The molecule has 0 spiro atoms. The van der Waals surface area contributed by atoms with Gasteiger partial charge in [-0.15, -0.1) is 0 Å². The van der Waals surface area contributed by atoms with Gasteiger partial charge in [0.05, 0.1) is 5.60 Å². The molecule has 0 radical (unpaired) electrons. The van der Waals surface area contributed by atoms with Gasteiger partial charge in [-0.25, -0.2) is 0 Å². The zero-order chi connectivity index (χ0) is 23.7. The van der Waals surface area contributed by atoms with E-state index >= 15 is 0 Å². The number of hydrogen-bond acceptors (Lipinski definition) is 2. The molecule has 0 aromatic heterocycles. The van der Waals surface area contributed by atoms with E-state index in [9.17, 15) is 10.2 Å². The third-order valence-electron chi connectivity index (χ3n) is 12.8.